The van der Waals surface area contributed by atoms with Gasteiger partial charge in [-0.2, -0.15) is 13.2 Å². The molecule has 0 amide bonds. The van der Waals surface area contributed by atoms with Gasteiger partial charge >= 0.3 is 16.8 Å². The second kappa shape index (κ2) is 6.37. The molecular formula is C10H10F3N3O10S. The minimum Gasteiger partial charge on any atom is -0.394 e. The van der Waals surface area contributed by atoms with E-state index in [1.165, 1.54) is 0 Å². The van der Waals surface area contributed by atoms with Crippen molar-refractivity contribution in [2.75, 3.05) is 6.61 Å². The molecule has 0 spiro atoms. The molecule has 1 aromatic heterocycles. The molecule has 152 valence electrons. The van der Waals surface area contributed by atoms with E-state index in [0.29, 0.717) is 12.3 Å². The summed E-state index contributed by atoms with van der Waals surface area (Å²) in [6.07, 6.45) is -7.56. The third kappa shape index (κ3) is 2.83. The molecule has 1 aliphatic heterocycles. The number of nitro groups is 1. The van der Waals surface area contributed by atoms with Crippen molar-refractivity contribution in [3.63, 3.8) is 0 Å². The monoisotopic (exact) mass is 421 g/mol. The minimum atomic E-state index is -6.67. The van der Waals surface area contributed by atoms with Crippen molar-refractivity contribution in [3.05, 3.63) is 43.2 Å². The lowest BCUT2D eigenvalue weighted by atomic mass is 10.1. The second-order valence-electron chi connectivity index (χ2n) is 5.25. The van der Waals surface area contributed by atoms with E-state index < -0.39 is 66.3 Å². The third-order valence-electron chi connectivity index (χ3n) is 3.75. The highest BCUT2D eigenvalue weighted by Gasteiger charge is 2.72. The van der Waals surface area contributed by atoms with Gasteiger partial charge in [-0.15, -0.1) is 0 Å². The van der Waals surface area contributed by atoms with Crippen LogP contribution in [0.15, 0.2) is 21.9 Å². The van der Waals surface area contributed by atoms with Crippen LogP contribution in [0.25, 0.3) is 0 Å². The van der Waals surface area contributed by atoms with Crippen LogP contribution >= 0.6 is 0 Å². The Morgan fingerprint density at radius 1 is 1.37 bits per heavy atom. The number of halogens is 3. The van der Waals surface area contributed by atoms with Gasteiger partial charge in [-0.25, -0.2) is 23.3 Å². The van der Waals surface area contributed by atoms with Crippen molar-refractivity contribution in [1.82, 2.24) is 9.24 Å². The molecule has 2 rings (SSSR count). The molecule has 0 bridgehead atoms. The fourth-order valence-electron chi connectivity index (χ4n) is 2.45. The van der Waals surface area contributed by atoms with Gasteiger partial charge in [-0.05, 0) is 0 Å². The first-order chi connectivity index (χ1) is 12.2. The molecule has 0 unspecified atom stereocenters. The van der Waals surface area contributed by atoms with E-state index in [0.717, 1.165) is 0 Å². The van der Waals surface area contributed by atoms with Gasteiger partial charge in [0.05, 0.1) is 6.61 Å². The summed E-state index contributed by atoms with van der Waals surface area (Å²) in [5.74, 6) is 0. The number of aliphatic hydroxyl groups excluding tert-OH is 2. The van der Waals surface area contributed by atoms with Crippen LogP contribution in [-0.2, 0) is 14.6 Å². The summed E-state index contributed by atoms with van der Waals surface area (Å²) in [5.41, 5.74) is -9.64. The molecule has 0 aromatic carbocycles. The summed E-state index contributed by atoms with van der Waals surface area (Å²) in [6, 6.07) is 0.312. The molecule has 0 radical (unpaired) electrons. The summed E-state index contributed by atoms with van der Waals surface area (Å²) >= 11 is 0. The van der Waals surface area contributed by atoms with Crippen LogP contribution in [0, 0.1) is 10.1 Å². The van der Waals surface area contributed by atoms with Crippen molar-refractivity contribution < 1.29 is 46.7 Å². The van der Waals surface area contributed by atoms with Crippen LogP contribution in [0.4, 0.5) is 13.2 Å². The van der Waals surface area contributed by atoms with Crippen LogP contribution in [0.5, 0.6) is 0 Å². The molecule has 1 aliphatic rings. The molecule has 17 heteroatoms. The smallest absolute Gasteiger partial charge is 0.394 e. The first kappa shape index (κ1) is 21.0. The SMILES string of the molecule is O=c1ccn([C@@H]2O[C@H](CO)[C@@H](O)[C@]2(O)S(=O)(=O)C(F)(F)F)c(=O)n1[N+](=O)[O-]. The summed E-state index contributed by atoms with van der Waals surface area (Å²) in [6.45, 7) is -1.28. The van der Waals surface area contributed by atoms with Gasteiger partial charge in [0.2, 0.25) is 4.93 Å². The maximum atomic E-state index is 13.0. The number of nitrogens with zero attached hydrogens (tertiary/aromatic N) is 3. The number of ether oxygens (including phenoxy) is 1. The van der Waals surface area contributed by atoms with Crippen molar-refractivity contribution in [2.45, 2.75) is 28.9 Å². The number of hydrogen-bond acceptors (Lipinski definition) is 10. The Morgan fingerprint density at radius 2 is 1.93 bits per heavy atom. The lowest BCUT2D eigenvalue weighted by molar-refractivity contribution is -0.549. The Balaban J connectivity index is 2.83. The molecule has 1 fully saturated rings. The van der Waals surface area contributed by atoms with E-state index in [-0.39, 0.29) is 4.57 Å². The average Bonchev–Trinajstić information content (AvgIpc) is 2.79. The largest absolute Gasteiger partial charge is 0.500 e. The molecule has 4 atom stereocenters. The Hall–Kier alpha value is -2.34. The molecular weight excluding hydrogens is 411 g/mol. The van der Waals surface area contributed by atoms with E-state index in [4.69, 9.17) is 5.11 Å². The molecule has 0 aliphatic carbocycles. The quantitative estimate of drug-likeness (QED) is 0.332. The number of aromatic nitrogens is 2. The first-order valence-corrected chi connectivity index (χ1v) is 8.16. The standard InChI is InChI=1S/C10H10F3N3O10S/c11-10(12,13)27(24,25)9(21)6(19)4(3-17)26-7(9)14-2-1-5(18)15(8(14)20)16(22)23/h1-2,4,6-7,17,19,21H,3H2/t4-,6-,7-,9+/m1/s1. The predicted molar refractivity (Wildman–Crippen MR) is 74.3 cm³/mol. The van der Waals surface area contributed by atoms with Gasteiger partial charge in [-0.3, -0.25) is 9.36 Å². The van der Waals surface area contributed by atoms with Gasteiger partial charge < -0.3 is 20.1 Å². The average molecular weight is 421 g/mol. The highest BCUT2D eigenvalue weighted by molar-refractivity contribution is 7.93. The lowest BCUT2D eigenvalue weighted by Crippen LogP contribution is -2.59. The van der Waals surface area contributed by atoms with Crippen molar-refractivity contribution in [1.29, 1.82) is 0 Å². The molecule has 27 heavy (non-hydrogen) atoms. The molecule has 1 saturated heterocycles. The zero-order chi connectivity index (χ0) is 20.9. The van der Waals surface area contributed by atoms with Crippen LogP contribution < -0.4 is 11.2 Å². The highest BCUT2D eigenvalue weighted by Crippen LogP contribution is 2.47. The normalized spacial score (nSPS) is 29.0. The fourth-order valence-corrected chi connectivity index (χ4v) is 3.72. The highest BCUT2D eigenvalue weighted by atomic mass is 32.2. The molecule has 3 N–H and O–H groups in total. The van der Waals surface area contributed by atoms with Gasteiger partial charge in [0, 0.05) is 16.9 Å². The Morgan fingerprint density at radius 3 is 2.37 bits per heavy atom. The van der Waals surface area contributed by atoms with Crippen molar-refractivity contribution in [3.8, 4) is 0 Å². The van der Waals surface area contributed by atoms with Gasteiger partial charge in [0.15, 0.2) is 11.3 Å². The maximum absolute atomic E-state index is 13.0. The second-order valence-corrected chi connectivity index (χ2v) is 7.37. The number of alkyl halides is 3. The van der Waals surface area contributed by atoms with Crippen LogP contribution in [-0.4, -0.2) is 67.3 Å². The van der Waals surface area contributed by atoms with Crippen LogP contribution in [0.1, 0.15) is 6.23 Å². The Kier molecular flexibility index (Phi) is 4.95. The Labute approximate surface area is 145 Å². The van der Waals surface area contributed by atoms with Crippen molar-refractivity contribution in [2.24, 2.45) is 0 Å². The zero-order valence-corrected chi connectivity index (χ0v) is 13.5. The fraction of sp³-hybridized carbons (Fsp3) is 0.600. The van der Waals surface area contributed by atoms with Gasteiger partial charge in [-0.1, -0.05) is 0 Å². The first-order valence-electron chi connectivity index (χ1n) is 6.68. The number of aliphatic hydroxyl groups is 3. The maximum Gasteiger partial charge on any atom is 0.500 e. The van der Waals surface area contributed by atoms with Gasteiger partial charge in [0.25, 0.3) is 9.84 Å². The summed E-state index contributed by atoms with van der Waals surface area (Å²) in [5, 5.41) is 38.3. The molecule has 1 aromatic rings. The Bertz CT molecular complexity index is 985. The summed E-state index contributed by atoms with van der Waals surface area (Å²) < 4.78 is 66.3. The van der Waals surface area contributed by atoms with E-state index in [9.17, 15) is 51.5 Å². The minimum absolute atomic E-state index is 0.188. The predicted octanol–water partition coefficient (Wildman–Crippen LogP) is -3.08. The summed E-state index contributed by atoms with van der Waals surface area (Å²) in [7, 11) is -6.67. The molecule has 13 nitrogen and oxygen atoms in total. The van der Waals surface area contributed by atoms with E-state index >= 15 is 0 Å². The molecule has 0 saturated carbocycles. The number of hydrogen-bond donors (Lipinski definition) is 3. The number of rotatable bonds is 4. The van der Waals surface area contributed by atoms with Crippen molar-refractivity contribution >= 4 is 9.84 Å². The van der Waals surface area contributed by atoms with Gasteiger partial charge in [0.1, 0.15) is 12.2 Å². The summed E-state index contributed by atoms with van der Waals surface area (Å²) in [4.78, 5) is 29.9. The topological polar surface area (TPSA) is 191 Å². The van der Waals surface area contributed by atoms with E-state index in [1.807, 2.05) is 0 Å². The van der Waals surface area contributed by atoms with E-state index in [2.05, 4.69) is 4.74 Å². The third-order valence-corrected chi connectivity index (χ3v) is 5.67. The lowest BCUT2D eigenvalue weighted by Gasteiger charge is -2.31. The molecule has 2 heterocycles. The zero-order valence-electron chi connectivity index (χ0n) is 12.7. The van der Waals surface area contributed by atoms with E-state index in [1.54, 1.807) is 0 Å². The van der Waals surface area contributed by atoms with Crippen LogP contribution in [0.3, 0.4) is 0 Å². The number of sulfone groups is 1. The van der Waals surface area contributed by atoms with Crippen LogP contribution in [0.2, 0.25) is 0 Å².